The van der Waals surface area contributed by atoms with Crippen LogP contribution in [-0.4, -0.2) is 31.4 Å². The number of halogens is 1. The van der Waals surface area contributed by atoms with Crippen molar-refractivity contribution in [2.45, 2.75) is 20.0 Å². The molecule has 0 bridgehead atoms. The number of rotatable bonds is 8. The van der Waals surface area contributed by atoms with Crippen molar-refractivity contribution >= 4 is 29.9 Å². The van der Waals surface area contributed by atoms with E-state index in [2.05, 4.69) is 20.6 Å². The molecule has 0 spiro atoms. The highest BCUT2D eigenvalue weighted by Crippen LogP contribution is 2.32. The average Bonchev–Trinajstić information content (AvgIpc) is 3.29. The molecule has 0 saturated heterocycles. The zero-order valence-electron chi connectivity index (χ0n) is 18.5. The van der Waals surface area contributed by atoms with E-state index in [-0.39, 0.29) is 30.8 Å². The molecule has 0 amide bonds. The Balaban J connectivity index is 0.00000306. The first-order valence-electron chi connectivity index (χ1n) is 10.4. The van der Waals surface area contributed by atoms with Crippen LogP contribution in [0.1, 0.15) is 18.1 Å². The Morgan fingerprint density at radius 1 is 0.939 bits per heavy atom. The van der Waals surface area contributed by atoms with E-state index in [1.807, 2.05) is 61.5 Å². The van der Waals surface area contributed by atoms with Gasteiger partial charge >= 0.3 is 0 Å². The predicted octanol–water partition coefficient (Wildman–Crippen LogP) is 4.48. The molecule has 2 N–H and O–H groups in total. The quantitative estimate of drug-likeness (QED) is 0.238. The molecule has 1 aromatic heterocycles. The molecule has 174 valence electrons. The van der Waals surface area contributed by atoms with Crippen LogP contribution in [0.4, 0.5) is 0 Å². The third-order valence-electron chi connectivity index (χ3n) is 4.74. The molecule has 4 rings (SSSR count). The molecule has 33 heavy (non-hydrogen) atoms. The summed E-state index contributed by atoms with van der Waals surface area (Å²) in [5.41, 5.74) is 2.10. The van der Waals surface area contributed by atoms with Crippen LogP contribution in [0.25, 0.3) is 0 Å². The normalized spacial score (nSPS) is 12.0. The molecule has 1 aliphatic heterocycles. The van der Waals surface area contributed by atoms with Gasteiger partial charge < -0.3 is 29.6 Å². The average molecular weight is 562 g/mol. The van der Waals surface area contributed by atoms with E-state index in [9.17, 15) is 0 Å². The zero-order chi connectivity index (χ0) is 22.2. The van der Waals surface area contributed by atoms with E-state index in [0.29, 0.717) is 37.3 Å². The third-order valence-corrected chi connectivity index (χ3v) is 4.74. The van der Waals surface area contributed by atoms with Gasteiger partial charge in [-0.3, -0.25) is 4.99 Å². The number of aromatic nitrogens is 1. The minimum atomic E-state index is 0. The van der Waals surface area contributed by atoms with Gasteiger partial charge in [0.15, 0.2) is 17.5 Å². The van der Waals surface area contributed by atoms with Gasteiger partial charge in [0.1, 0.15) is 11.5 Å². The summed E-state index contributed by atoms with van der Waals surface area (Å²) >= 11 is 0. The number of fused-ring (bicyclic) bond motifs is 1. The number of aliphatic imine (C=N–C) groups is 1. The number of nitrogens with one attached hydrogen (secondary N) is 2. The monoisotopic (exact) mass is 562 g/mol. The number of hydrogen-bond acceptors (Lipinski definition) is 6. The fourth-order valence-electron chi connectivity index (χ4n) is 3.15. The van der Waals surface area contributed by atoms with Crippen molar-refractivity contribution in [1.29, 1.82) is 0 Å². The molecule has 0 fully saturated rings. The number of ether oxygens (including phenoxy) is 4. The molecule has 8 nitrogen and oxygen atoms in total. The number of hydrogen-bond donors (Lipinski definition) is 2. The number of benzene rings is 2. The Morgan fingerprint density at radius 3 is 2.36 bits per heavy atom. The first kappa shape index (κ1) is 24.4. The minimum absolute atomic E-state index is 0. The molecule has 9 heteroatoms. The molecule has 0 aliphatic carbocycles. The highest BCUT2D eigenvalue weighted by molar-refractivity contribution is 14.0. The highest BCUT2D eigenvalue weighted by atomic mass is 127. The van der Waals surface area contributed by atoms with Crippen LogP contribution in [0, 0.1) is 0 Å². The Bertz CT molecular complexity index is 1080. The second-order valence-electron chi connectivity index (χ2n) is 6.98. The molecular weight excluding hydrogens is 535 g/mol. The fourth-order valence-corrected chi connectivity index (χ4v) is 3.15. The first-order chi connectivity index (χ1) is 15.7. The molecule has 1 aliphatic rings. The van der Waals surface area contributed by atoms with Crippen LogP contribution in [0.15, 0.2) is 65.8 Å². The minimum Gasteiger partial charge on any atom is -0.494 e. The summed E-state index contributed by atoms with van der Waals surface area (Å²) in [6.45, 7) is 4.04. The van der Waals surface area contributed by atoms with E-state index < -0.39 is 0 Å². The van der Waals surface area contributed by atoms with Gasteiger partial charge in [-0.1, -0.05) is 6.07 Å². The second-order valence-corrected chi connectivity index (χ2v) is 6.98. The Labute approximate surface area is 210 Å². The highest BCUT2D eigenvalue weighted by Gasteiger charge is 2.13. The molecule has 2 heterocycles. The Hall–Kier alpha value is -3.21. The summed E-state index contributed by atoms with van der Waals surface area (Å²) in [6.07, 6.45) is 1.73. The summed E-state index contributed by atoms with van der Waals surface area (Å²) < 4.78 is 22.1. The van der Waals surface area contributed by atoms with Crippen LogP contribution in [0.5, 0.6) is 28.9 Å². The summed E-state index contributed by atoms with van der Waals surface area (Å²) in [5.74, 6) is 4.27. The van der Waals surface area contributed by atoms with Crippen molar-refractivity contribution in [3.8, 4) is 28.9 Å². The van der Waals surface area contributed by atoms with Crippen molar-refractivity contribution in [1.82, 2.24) is 15.6 Å². The van der Waals surface area contributed by atoms with Crippen molar-refractivity contribution in [3.63, 3.8) is 0 Å². The molecule has 3 aromatic rings. The van der Waals surface area contributed by atoms with E-state index in [1.54, 1.807) is 13.2 Å². The van der Waals surface area contributed by atoms with Gasteiger partial charge in [0.25, 0.3) is 0 Å². The summed E-state index contributed by atoms with van der Waals surface area (Å²) in [7, 11) is 1.74. The standard InChI is InChI=1S/C24H26N4O4.HI/c1-3-29-19-5-7-20(8-6-19)32-23-13-18(10-11-26-23)15-28-24(25-2)27-14-17-4-9-21-22(12-17)31-16-30-21;/h4-13H,3,14-16H2,1-2H3,(H2,25,27,28);1H. The van der Waals surface area contributed by atoms with Crippen molar-refractivity contribution in [2.24, 2.45) is 4.99 Å². The molecular formula is C24H27IN4O4. The van der Waals surface area contributed by atoms with Gasteiger partial charge in [0, 0.05) is 32.4 Å². The van der Waals surface area contributed by atoms with E-state index in [1.165, 1.54) is 0 Å². The topological polar surface area (TPSA) is 86.2 Å². The fraction of sp³-hybridized carbons (Fsp3) is 0.250. The SMILES string of the molecule is CCOc1ccc(Oc2cc(CNC(=NC)NCc3ccc4c(c3)OCO4)ccn2)cc1.I. The second kappa shape index (κ2) is 12.1. The van der Waals surface area contributed by atoms with Gasteiger partial charge in [0.2, 0.25) is 12.7 Å². The zero-order valence-corrected chi connectivity index (χ0v) is 20.9. The first-order valence-corrected chi connectivity index (χ1v) is 10.4. The van der Waals surface area contributed by atoms with Gasteiger partial charge in [0.05, 0.1) is 6.61 Å². The summed E-state index contributed by atoms with van der Waals surface area (Å²) in [6, 6.07) is 17.2. The maximum absolute atomic E-state index is 5.86. The van der Waals surface area contributed by atoms with Crippen LogP contribution >= 0.6 is 24.0 Å². The van der Waals surface area contributed by atoms with Crippen LogP contribution < -0.4 is 29.6 Å². The lowest BCUT2D eigenvalue weighted by Gasteiger charge is -2.13. The van der Waals surface area contributed by atoms with Crippen molar-refractivity contribution in [2.75, 3.05) is 20.4 Å². The van der Waals surface area contributed by atoms with Crippen molar-refractivity contribution < 1.29 is 18.9 Å². The van der Waals surface area contributed by atoms with Gasteiger partial charge in [-0.2, -0.15) is 0 Å². The lowest BCUT2D eigenvalue weighted by Crippen LogP contribution is -2.36. The summed E-state index contributed by atoms with van der Waals surface area (Å²) in [4.78, 5) is 8.58. The van der Waals surface area contributed by atoms with E-state index in [0.717, 1.165) is 28.4 Å². The summed E-state index contributed by atoms with van der Waals surface area (Å²) in [5, 5.41) is 6.60. The van der Waals surface area contributed by atoms with Gasteiger partial charge in [-0.25, -0.2) is 4.98 Å². The molecule has 2 aromatic carbocycles. The van der Waals surface area contributed by atoms with Gasteiger partial charge in [-0.15, -0.1) is 24.0 Å². The van der Waals surface area contributed by atoms with Crippen molar-refractivity contribution in [3.05, 3.63) is 71.9 Å². The van der Waals surface area contributed by atoms with Crippen LogP contribution in [0.2, 0.25) is 0 Å². The number of guanidine groups is 1. The number of nitrogens with zero attached hydrogens (tertiary/aromatic N) is 2. The molecule has 0 saturated carbocycles. The maximum atomic E-state index is 5.86. The van der Waals surface area contributed by atoms with Crippen LogP contribution in [-0.2, 0) is 13.1 Å². The molecule has 0 unspecified atom stereocenters. The third kappa shape index (κ3) is 6.88. The lowest BCUT2D eigenvalue weighted by molar-refractivity contribution is 0.174. The molecule has 0 atom stereocenters. The van der Waals surface area contributed by atoms with E-state index >= 15 is 0 Å². The lowest BCUT2D eigenvalue weighted by atomic mass is 10.2. The molecule has 0 radical (unpaired) electrons. The van der Waals surface area contributed by atoms with E-state index in [4.69, 9.17) is 18.9 Å². The van der Waals surface area contributed by atoms with Gasteiger partial charge in [-0.05, 0) is 60.5 Å². The Kier molecular flexibility index (Phi) is 8.99. The Morgan fingerprint density at radius 2 is 1.64 bits per heavy atom. The van der Waals surface area contributed by atoms with Crippen LogP contribution in [0.3, 0.4) is 0 Å². The maximum Gasteiger partial charge on any atom is 0.231 e. The predicted molar refractivity (Wildman–Crippen MR) is 137 cm³/mol. The largest absolute Gasteiger partial charge is 0.494 e. The smallest absolute Gasteiger partial charge is 0.231 e. The number of pyridine rings is 1.